The Morgan fingerprint density at radius 1 is 1.03 bits per heavy atom. The van der Waals surface area contributed by atoms with Crippen LogP contribution in [-0.2, 0) is 21.5 Å². The monoisotopic (exact) mass is 487 g/mol. The summed E-state index contributed by atoms with van der Waals surface area (Å²) in [6.07, 6.45) is 1.28. The number of H-pyrrole nitrogens is 1. The van der Waals surface area contributed by atoms with Crippen LogP contribution in [0.2, 0.25) is 0 Å². The van der Waals surface area contributed by atoms with Gasteiger partial charge in [0.2, 0.25) is 0 Å². The van der Waals surface area contributed by atoms with Crippen LogP contribution in [0, 0.1) is 0 Å². The van der Waals surface area contributed by atoms with Crippen LogP contribution in [0.15, 0.2) is 41.3 Å². The van der Waals surface area contributed by atoms with E-state index < -0.39 is 10.2 Å². The topological polar surface area (TPSA) is 117 Å². The molecule has 0 bridgehead atoms. The summed E-state index contributed by atoms with van der Waals surface area (Å²) in [5.41, 5.74) is 1.09. The largest absolute Gasteiger partial charge is 0.373 e. The van der Waals surface area contributed by atoms with E-state index in [0.29, 0.717) is 62.7 Å². The molecule has 5 rings (SSSR count). The number of nitrogens with one attached hydrogen (secondary N) is 1. The van der Waals surface area contributed by atoms with E-state index in [9.17, 15) is 13.2 Å². The number of nitrogens with zero attached hydrogens (tertiary/aromatic N) is 6. The molecule has 12 heteroatoms. The minimum atomic E-state index is -3.54. The molecular formula is C22H29N7O4S. The summed E-state index contributed by atoms with van der Waals surface area (Å²) in [6, 6.07) is 9.54. The predicted octanol–water partition coefficient (Wildman–Crippen LogP) is 0.580. The van der Waals surface area contributed by atoms with Crippen LogP contribution in [0.1, 0.15) is 19.7 Å². The fourth-order valence-corrected chi connectivity index (χ4v) is 6.36. The molecule has 0 aliphatic carbocycles. The maximum absolute atomic E-state index is 13.1. The highest BCUT2D eigenvalue weighted by Gasteiger charge is 2.36. The Morgan fingerprint density at radius 2 is 1.71 bits per heavy atom. The number of aromatic nitrogens is 4. The SMILES string of the molecule is C[C@H]1CN(S(=O)(=O)N2CCN(Cc3nc4c(cnn4-c4ccccc4)c(=O)[nH]3)CC2)C[C@H](C)O1. The molecule has 0 amide bonds. The quantitative estimate of drug-likeness (QED) is 0.560. The lowest BCUT2D eigenvalue weighted by molar-refractivity contribution is -0.0457. The summed E-state index contributed by atoms with van der Waals surface area (Å²) < 4.78 is 36.7. The summed E-state index contributed by atoms with van der Waals surface area (Å²) in [5, 5.41) is 4.77. The van der Waals surface area contributed by atoms with Crippen molar-refractivity contribution < 1.29 is 13.2 Å². The maximum atomic E-state index is 13.1. The summed E-state index contributed by atoms with van der Waals surface area (Å²) >= 11 is 0. The van der Waals surface area contributed by atoms with Gasteiger partial charge in [-0.05, 0) is 26.0 Å². The average molecular weight is 488 g/mol. The number of hydrogen-bond acceptors (Lipinski definition) is 7. The van der Waals surface area contributed by atoms with E-state index in [-0.39, 0.29) is 17.8 Å². The molecule has 2 atom stereocenters. The van der Waals surface area contributed by atoms with Gasteiger partial charge in [-0.2, -0.15) is 22.1 Å². The Balaban J connectivity index is 1.28. The van der Waals surface area contributed by atoms with Crippen molar-refractivity contribution in [2.24, 2.45) is 0 Å². The minimum absolute atomic E-state index is 0.123. The van der Waals surface area contributed by atoms with Crippen LogP contribution in [0.4, 0.5) is 0 Å². The summed E-state index contributed by atoms with van der Waals surface area (Å²) in [5.74, 6) is 0.530. The fourth-order valence-electron chi connectivity index (χ4n) is 4.61. The van der Waals surface area contributed by atoms with Crippen LogP contribution < -0.4 is 5.56 Å². The first-order valence-electron chi connectivity index (χ1n) is 11.5. The van der Waals surface area contributed by atoms with Gasteiger partial charge in [0, 0.05) is 39.3 Å². The lowest BCUT2D eigenvalue weighted by Gasteiger charge is -2.40. The minimum Gasteiger partial charge on any atom is -0.373 e. The molecule has 34 heavy (non-hydrogen) atoms. The van der Waals surface area contributed by atoms with Gasteiger partial charge in [-0.25, -0.2) is 9.67 Å². The molecule has 2 fully saturated rings. The third-order valence-electron chi connectivity index (χ3n) is 6.23. The van der Waals surface area contributed by atoms with Crippen molar-refractivity contribution in [2.75, 3.05) is 39.3 Å². The molecule has 2 aliphatic heterocycles. The maximum Gasteiger partial charge on any atom is 0.282 e. The van der Waals surface area contributed by atoms with Gasteiger partial charge in [0.15, 0.2) is 5.65 Å². The van der Waals surface area contributed by atoms with E-state index in [1.54, 1.807) is 4.68 Å². The molecule has 0 spiro atoms. The first-order chi connectivity index (χ1) is 16.3. The number of para-hydroxylation sites is 1. The first-order valence-corrected chi connectivity index (χ1v) is 12.9. The first kappa shape index (κ1) is 23.1. The number of benzene rings is 1. The van der Waals surface area contributed by atoms with E-state index in [0.717, 1.165) is 5.69 Å². The van der Waals surface area contributed by atoms with Gasteiger partial charge in [0.25, 0.3) is 15.8 Å². The molecule has 2 aliphatic rings. The van der Waals surface area contributed by atoms with Gasteiger partial charge in [-0.15, -0.1) is 0 Å². The van der Waals surface area contributed by atoms with Crippen LogP contribution in [0.3, 0.4) is 0 Å². The van der Waals surface area contributed by atoms with Crippen LogP contribution >= 0.6 is 0 Å². The number of rotatable bonds is 5. The van der Waals surface area contributed by atoms with Crippen LogP contribution in [0.5, 0.6) is 0 Å². The molecule has 3 aromatic rings. The second kappa shape index (κ2) is 9.19. The Kier molecular flexibility index (Phi) is 6.25. The molecule has 11 nitrogen and oxygen atoms in total. The lowest BCUT2D eigenvalue weighted by Crippen LogP contribution is -2.57. The zero-order chi connectivity index (χ0) is 23.9. The number of morpholine rings is 1. The van der Waals surface area contributed by atoms with Crippen molar-refractivity contribution >= 4 is 21.2 Å². The normalized spacial score (nSPS) is 23.5. The predicted molar refractivity (Wildman–Crippen MR) is 127 cm³/mol. The van der Waals surface area contributed by atoms with Crippen molar-refractivity contribution in [3.63, 3.8) is 0 Å². The van der Waals surface area contributed by atoms with Gasteiger partial charge >= 0.3 is 0 Å². The zero-order valence-electron chi connectivity index (χ0n) is 19.3. The van der Waals surface area contributed by atoms with E-state index in [1.165, 1.54) is 14.8 Å². The standard InChI is InChI=1S/C22H29N7O4S/c1-16-13-28(14-17(2)33-16)34(31,32)27-10-8-26(9-11-27)15-20-24-21-19(22(30)25-20)12-23-29(21)18-6-4-3-5-7-18/h3-7,12,16-17H,8-11,13-15H2,1-2H3,(H,24,25,30)/t16-,17-/m0/s1. The van der Waals surface area contributed by atoms with Crippen LogP contribution in [0.25, 0.3) is 16.7 Å². The Labute approximate surface area is 198 Å². The second-order valence-corrected chi connectivity index (χ2v) is 10.8. The lowest BCUT2D eigenvalue weighted by atomic mass is 10.3. The number of hydrogen-bond donors (Lipinski definition) is 1. The molecule has 2 saturated heterocycles. The van der Waals surface area contributed by atoms with Gasteiger partial charge in [-0.1, -0.05) is 18.2 Å². The number of fused-ring (bicyclic) bond motifs is 1. The van der Waals surface area contributed by atoms with Gasteiger partial charge in [0.1, 0.15) is 11.2 Å². The zero-order valence-corrected chi connectivity index (χ0v) is 20.1. The molecule has 182 valence electrons. The summed E-state index contributed by atoms with van der Waals surface area (Å²) in [7, 11) is -3.54. The third-order valence-corrected chi connectivity index (χ3v) is 8.20. The molecule has 0 saturated carbocycles. The van der Waals surface area contributed by atoms with Crippen molar-refractivity contribution in [3.05, 3.63) is 52.7 Å². The molecular weight excluding hydrogens is 458 g/mol. The van der Waals surface area contributed by atoms with Gasteiger partial charge in [0.05, 0.1) is 30.6 Å². The highest BCUT2D eigenvalue weighted by Crippen LogP contribution is 2.20. The van der Waals surface area contributed by atoms with Gasteiger partial charge in [-0.3, -0.25) is 9.69 Å². The second-order valence-electron chi connectivity index (χ2n) is 8.90. The molecule has 0 radical (unpaired) electrons. The van der Waals surface area contributed by atoms with Gasteiger partial charge < -0.3 is 9.72 Å². The smallest absolute Gasteiger partial charge is 0.282 e. The Bertz CT molecular complexity index is 1310. The van der Waals surface area contributed by atoms with Crippen molar-refractivity contribution in [1.29, 1.82) is 0 Å². The fraction of sp³-hybridized carbons (Fsp3) is 0.500. The number of ether oxygens (including phenoxy) is 1. The number of aromatic amines is 1. The van der Waals surface area contributed by atoms with E-state index in [4.69, 9.17) is 4.74 Å². The van der Waals surface area contributed by atoms with E-state index in [1.807, 2.05) is 44.2 Å². The van der Waals surface area contributed by atoms with Crippen molar-refractivity contribution in [3.8, 4) is 5.69 Å². The van der Waals surface area contributed by atoms with E-state index in [2.05, 4.69) is 20.0 Å². The average Bonchev–Trinajstić information content (AvgIpc) is 3.24. The molecule has 1 aromatic carbocycles. The highest BCUT2D eigenvalue weighted by molar-refractivity contribution is 7.86. The third kappa shape index (κ3) is 4.51. The molecule has 4 heterocycles. The van der Waals surface area contributed by atoms with Crippen LogP contribution in [-0.4, -0.2) is 93.2 Å². The van der Waals surface area contributed by atoms with Crippen molar-refractivity contribution in [2.45, 2.75) is 32.6 Å². The molecule has 1 N–H and O–H groups in total. The van der Waals surface area contributed by atoms with Crippen molar-refractivity contribution in [1.82, 2.24) is 33.3 Å². The van der Waals surface area contributed by atoms with E-state index >= 15 is 0 Å². The molecule has 0 unspecified atom stereocenters. The number of piperazine rings is 1. The Hall–Kier alpha value is -2.64. The highest BCUT2D eigenvalue weighted by atomic mass is 32.2. The summed E-state index contributed by atoms with van der Waals surface area (Å²) in [4.78, 5) is 22.3. The Morgan fingerprint density at radius 3 is 2.38 bits per heavy atom. The summed E-state index contributed by atoms with van der Waals surface area (Å²) in [6.45, 7) is 6.82. The molecule has 2 aromatic heterocycles.